The molecule has 0 unspecified atom stereocenters. The third-order valence-electron chi connectivity index (χ3n) is 5.00. The summed E-state index contributed by atoms with van der Waals surface area (Å²) in [7, 11) is 1.54. The first kappa shape index (κ1) is 19.1. The van der Waals surface area contributed by atoms with Crippen LogP contribution in [0.25, 0.3) is 22.5 Å². The van der Waals surface area contributed by atoms with Gasteiger partial charge >= 0.3 is 0 Å². The third kappa shape index (κ3) is 3.85. The number of anilines is 2. The number of methoxy groups -OCH3 is 1. The van der Waals surface area contributed by atoms with Gasteiger partial charge in [-0.3, -0.25) is 4.68 Å². The Labute approximate surface area is 168 Å². The van der Waals surface area contributed by atoms with Crippen LogP contribution >= 0.6 is 0 Å². The highest BCUT2D eigenvalue weighted by atomic mass is 19.1. The Hall–Kier alpha value is -3.23. The zero-order valence-corrected chi connectivity index (χ0v) is 16.5. The number of aromatic nitrogens is 5. The normalized spacial score (nSPS) is 18.3. The first-order valence-corrected chi connectivity index (χ1v) is 9.69. The van der Waals surface area contributed by atoms with Crippen molar-refractivity contribution in [2.75, 3.05) is 24.7 Å². The monoisotopic (exact) mass is 397 g/mol. The fraction of sp³-hybridized carbons (Fsp3) is 0.400. The molecule has 3 N–H and O–H groups in total. The van der Waals surface area contributed by atoms with E-state index >= 15 is 0 Å². The Morgan fingerprint density at radius 2 is 2.17 bits per heavy atom. The Balaban J connectivity index is 1.78. The zero-order chi connectivity index (χ0) is 20.4. The minimum atomic E-state index is -0.765. The number of ether oxygens (including phenoxy) is 1. The van der Waals surface area contributed by atoms with Crippen molar-refractivity contribution in [3.63, 3.8) is 0 Å². The van der Waals surface area contributed by atoms with Crippen LogP contribution in [0.4, 0.5) is 16.2 Å². The maximum Gasteiger partial charge on any atom is 0.223 e. The molecule has 0 aromatic carbocycles. The summed E-state index contributed by atoms with van der Waals surface area (Å²) in [5.41, 5.74) is 8.86. The number of pyridine rings is 1. The lowest BCUT2D eigenvalue weighted by Crippen LogP contribution is -2.28. The van der Waals surface area contributed by atoms with Crippen molar-refractivity contribution in [1.29, 1.82) is 0 Å². The average Bonchev–Trinajstić information content (AvgIpc) is 3.15. The second kappa shape index (κ2) is 8.02. The minimum Gasteiger partial charge on any atom is -0.493 e. The van der Waals surface area contributed by atoms with Gasteiger partial charge in [-0.1, -0.05) is 6.92 Å². The van der Waals surface area contributed by atoms with Gasteiger partial charge in [-0.05, 0) is 18.6 Å². The number of nitrogens with one attached hydrogen (secondary N) is 1. The summed E-state index contributed by atoms with van der Waals surface area (Å²) in [6, 6.07) is 3.68. The maximum atomic E-state index is 13.4. The molecule has 1 fully saturated rings. The van der Waals surface area contributed by atoms with Gasteiger partial charge in [0.2, 0.25) is 5.95 Å². The summed E-state index contributed by atoms with van der Waals surface area (Å²) in [6.07, 6.45) is 6.43. The van der Waals surface area contributed by atoms with Crippen molar-refractivity contribution < 1.29 is 9.13 Å². The number of rotatable bonds is 7. The van der Waals surface area contributed by atoms with E-state index in [-0.39, 0.29) is 6.04 Å². The lowest BCUT2D eigenvalue weighted by atomic mass is 9.91. The van der Waals surface area contributed by atoms with Gasteiger partial charge in [-0.25, -0.2) is 19.3 Å². The molecule has 0 amide bonds. The molecule has 3 heterocycles. The number of hydrogen-bond donors (Lipinski definition) is 2. The molecule has 0 spiro atoms. The number of nitrogens with zero attached hydrogens (tertiary/aromatic N) is 5. The first-order chi connectivity index (χ1) is 14.1. The fourth-order valence-electron chi connectivity index (χ4n) is 3.30. The van der Waals surface area contributed by atoms with Crippen LogP contribution in [-0.2, 0) is 0 Å². The number of hydrogen-bond acceptors (Lipinski definition) is 7. The molecule has 8 nitrogen and oxygen atoms in total. The highest BCUT2D eigenvalue weighted by Gasteiger charge is 2.32. The molecule has 29 heavy (non-hydrogen) atoms. The van der Waals surface area contributed by atoms with Gasteiger partial charge < -0.3 is 15.8 Å². The molecule has 1 aliphatic carbocycles. The summed E-state index contributed by atoms with van der Waals surface area (Å²) in [5, 5.41) is 7.94. The smallest absolute Gasteiger partial charge is 0.223 e. The molecule has 4 rings (SSSR count). The van der Waals surface area contributed by atoms with E-state index in [2.05, 4.69) is 27.2 Å². The van der Waals surface area contributed by atoms with Gasteiger partial charge in [-0.2, -0.15) is 5.10 Å². The van der Waals surface area contributed by atoms with E-state index in [1.54, 1.807) is 25.6 Å². The molecule has 0 atom stereocenters. The van der Waals surface area contributed by atoms with E-state index < -0.39 is 6.17 Å². The van der Waals surface area contributed by atoms with E-state index in [9.17, 15) is 4.39 Å². The summed E-state index contributed by atoms with van der Waals surface area (Å²) >= 11 is 0. The minimum absolute atomic E-state index is 0.0423. The number of alkyl halides is 1. The predicted molar refractivity (Wildman–Crippen MR) is 109 cm³/mol. The molecular formula is C20H24FN7O. The van der Waals surface area contributed by atoms with Crippen LogP contribution in [0, 0.1) is 0 Å². The number of nitrogen functional groups attached to an aromatic ring is 1. The van der Waals surface area contributed by atoms with Crippen molar-refractivity contribution in [2.24, 2.45) is 0 Å². The second-order valence-corrected chi connectivity index (χ2v) is 7.10. The van der Waals surface area contributed by atoms with Crippen molar-refractivity contribution in [3.05, 3.63) is 30.7 Å². The summed E-state index contributed by atoms with van der Waals surface area (Å²) < 4.78 is 20.5. The predicted octanol–water partition coefficient (Wildman–Crippen LogP) is 3.49. The molecular weight excluding hydrogens is 373 g/mol. The number of halogens is 1. The summed E-state index contributed by atoms with van der Waals surface area (Å²) in [4.78, 5) is 13.1. The average molecular weight is 397 g/mol. The second-order valence-electron chi connectivity index (χ2n) is 7.10. The zero-order valence-electron chi connectivity index (χ0n) is 16.5. The largest absolute Gasteiger partial charge is 0.493 e. The lowest BCUT2D eigenvalue weighted by molar-refractivity contribution is 0.128. The topological polar surface area (TPSA) is 104 Å². The van der Waals surface area contributed by atoms with Gasteiger partial charge in [-0.15, -0.1) is 0 Å². The standard InChI is InChI=1S/C20H24FN7O/c1-3-5-23-20-24-6-4-16(26-20)15-11-28(14-8-13(21)9-14)27-18(15)12-7-17(29-2)19(22)25-10-12/h4,6-7,10-11,13-14H,3,5,8-9H2,1-2H3,(H2,22,25)(H,23,24,26). The molecule has 9 heteroatoms. The number of nitrogens with two attached hydrogens (primary N) is 1. The highest BCUT2D eigenvalue weighted by Crippen LogP contribution is 2.38. The molecule has 1 aliphatic rings. The van der Waals surface area contributed by atoms with E-state index in [0.717, 1.165) is 29.8 Å². The van der Waals surface area contributed by atoms with Crippen molar-refractivity contribution in [3.8, 4) is 28.3 Å². The molecule has 152 valence electrons. The highest BCUT2D eigenvalue weighted by molar-refractivity contribution is 5.79. The van der Waals surface area contributed by atoms with Crippen LogP contribution in [-0.4, -0.2) is 44.6 Å². The van der Waals surface area contributed by atoms with Crippen molar-refractivity contribution in [2.45, 2.75) is 38.4 Å². The van der Waals surface area contributed by atoms with E-state index in [1.807, 2.05) is 16.9 Å². The Kier molecular flexibility index (Phi) is 5.28. The van der Waals surface area contributed by atoms with Gasteiger partial charge in [0.05, 0.1) is 18.8 Å². The Bertz CT molecular complexity index is 1000. The summed E-state index contributed by atoms with van der Waals surface area (Å²) in [6.45, 7) is 2.87. The van der Waals surface area contributed by atoms with E-state index in [0.29, 0.717) is 36.1 Å². The van der Waals surface area contributed by atoms with Crippen LogP contribution in [0.5, 0.6) is 5.75 Å². The maximum absolute atomic E-state index is 13.4. The molecule has 0 saturated heterocycles. The van der Waals surface area contributed by atoms with Crippen LogP contribution < -0.4 is 15.8 Å². The Morgan fingerprint density at radius 3 is 2.90 bits per heavy atom. The molecule has 1 saturated carbocycles. The van der Waals surface area contributed by atoms with Gasteiger partial charge in [0.1, 0.15) is 11.9 Å². The van der Waals surface area contributed by atoms with Crippen LogP contribution in [0.2, 0.25) is 0 Å². The third-order valence-corrected chi connectivity index (χ3v) is 5.00. The molecule has 3 aromatic heterocycles. The van der Waals surface area contributed by atoms with Gasteiger partial charge in [0.25, 0.3) is 0 Å². The SMILES string of the molecule is CCCNc1nccc(-c2cn(C3CC(F)C3)nc2-c2cnc(N)c(OC)c2)n1. The van der Waals surface area contributed by atoms with Gasteiger partial charge in [0, 0.05) is 49.1 Å². The quantitative estimate of drug-likeness (QED) is 0.629. The van der Waals surface area contributed by atoms with Crippen LogP contribution in [0.3, 0.4) is 0 Å². The Morgan fingerprint density at radius 1 is 1.34 bits per heavy atom. The molecule has 0 aliphatic heterocycles. The molecule has 0 radical (unpaired) electrons. The van der Waals surface area contributed by atoms with Crippen molar-refractivity contribution >= 4 is 11.8 Å². The summed E-state index contributed by atoms with van der Waals surface area (Å²) in [5.74, 6) is 1.34. The van der Waals surface area contributed by atoms with E-state index in [4.69, 9.17) is 15.6 Å². The van der Waals surface area contributed by atoms with Crippen molar-refractivity contribution in [1.82, 2.24) is 24.7 Å². The van der Waals surface area contributed by atoms with Crippen LogP contribution in [0.1, 0.15) is 32.2 Å². The van der Waals surface area contributed by atoms with Gasteiger partial charge in [0.15, 0.2) is 11.6 Å². The first-order valence-electron chi connectivity index (χ1n) is 9.69. The van der Waals surface area contributed by atoms with Crippen LogP contribution in [0.15, 0.2) is 30.7 Å². The molecule has 3 aromatic rings. The molecule has 0 bridgehead atoms. The fourth-order valence-corrected chi connectivity index (χ4v) is 3.30. The lowest BCUT2D eigenvalue weighted by Gasteiger charge is -2.29. The van der Waals surface area contributed by atoms with E-state index in [1.165, 1.54) is 0 Å².